The van der Waals surface area contributed by atoms with E-state index >= 15 is 0 Å². The summed E-state index contributed by atoms with van der Waals surface area (Å²) in [7, 11) is 1.54. The summed E-state index contributed by atoms with van der Waals surface area (Å²) >= 11 is 0. The summed E-state index contributed by atoms with van der Waals surface area (Å²) in [4.78, 5) is 13.8. The van der Waals surface area contributed by atoms with Crippen LogP contribution in [0.25, 0.3) is 0 Å². The Morgan fingerprint density at radius 3 is 2.58 bits per heavy atom. The second-order valence-corrected chi connectivity index (χ2v) is 3.91. The van der Waals surface area contributed by atoms with E-state index in [2.05, 4.69) is 0 Å². The normalized spacial score (nSPS) is 10.1. The highest BCUT2D eigenvalue weighted by Gasteiger charge is 2.16. The van der Waals surface area contributed by atoms with Crippen molar-refractivity contribution in [1.29, 1.82) is 0 Å². The van der Waals surface area contributed by atoms with Crippen molar-refractivity contribution in [2.45, 2.75) is 13.8 Å². The Kier molecular flexibility index (Phi) is 6.15. The number of nitrogens with zero attached hydrogens (tertiary/aromatic N) is 1. The fourth-order valence-corrected chi connectivity index (χ4v) is 1.78. The second-order valence-electron chi connectivity index (χ2n) is 3.91. The average molecular weight is 267 g/mol. The highest BCUT2D eigenvalue weighted by atomic mass is 16.5. The zero-order valence-corrected chi connectivity index (χ0v) is 11.7. The van der Waals surface area contributed by atoms with Crippen molar-refractivity contribution < 1.29 is 19.4 Å². The lowest BCUT2D eigenvalue weighted by Crippen LogP contribution is -2.33. The third-order valence-corrected chi connectivity index (χ3v) is 2.75. The SMILES string of the molecule is CCOc1ccc(C(=O)N(CC)CCO)cc1OC. The Morgan fingerprint density at radius 1 is 1.32 bits per heavy atom. The monoisotopic (exact) mass is 267 g/mol. The first kappa shape index (κ1) is 15.3. The maximum Gasteiger partial charge on any atom is 0.254 e. The lowest BCUT2D eigenvalue weighted by molar-refractivity contribution is 0.0731. The van der Waals surface area contributed by atoms with Crippen LogP contribution in [0.3, 0.4) is 0 Å². The molecule has 1 aromatic carbocycles. The smallest absolute Gasteiger partial charge is 0.254 e. The van der Waals surface area contributed by atoms with Gasteiger partial charge in [-0.05, 0) is 32.0 Å². The lowest BCUT2D eigenvalue weighted by Gasteiger charge is -2.20. The molecule has 0 aliphatic heterocycles. The van der Waals surface area contributed by atoms with E-state index in [0.717, 1.165) is 0 Å². The Hall–Kier alpha value is -1.75. The Morgan fingerprint density at radius 2 is 2.05 bits per heavy atom. The molecule has 5 nitrogen and oxygen atoms in total. The predicted octanol–water partition coefficient (Wildman–Crippen LogP) is 1.55. The summed E-state index contributed by atoms with van der Waals surface area (Å²) in [5.74, 6) is 1.03. The van der Waals surface area contributed by atoms with E-state index in [-0.39, 0.29) is 12.5 Å². The number of benzene rings is 1. The zero-order valence-electron chi connectivity index (χ0n) is 11.7. The molecule has 0 atom stereocenters. The number of hydrogen-bond donors (Lipinski definition) is 1. The van der Waals surface area contributed by atoms with Gasteiger partial charge in [0, 0.05) is 18.7 Å². The second kappa shape index (κ2) is 7.63. The van der Waals surface area contributed by atoms with E-state index in [4.69, 9.17) is 14.6 Å². The maximum atomic E-state index is 12.2. The van der Waals surface area contributed by atoms with Crippen molar-refractivity contribution in [1.82, 2.24) is 4.90 Å². The molecule has 0 aliphatic rings. The quantitative estimate of drug-likeness (QED) is 0.814. The summed E-state index contributed by atoms with van der Waals surface area (Å²) in [6.45, 7) is 5.13. The minimum Gasteiger partial charge on any atom is -0.493 e. The molecule has 0 bridgehead atoms. The maximum absolute atomic E-state index is 12.2. The topological polar surface area (TPSA) is 59.0 Å². The third-order valence-electron chi connectivity index (χ3n) is 2.75. The van der Waals surface area contributed by atoms with Gasteiger partial charge in [0.25, 0.3) is 5.91 Å². The van der Waals surface area contributed by atoms with Crippen molar-refractivity contribution in [3.8, 4) is 11.5 Å². The van der Waals surface area contributed by atoms with Crippen LogP contribution in [-0.2, 0) is 0 Å². The van der Waals surface area contributed by atoms with Crippen LogP contribution in [0.2, 0.25) is 0 Å². The Labute approximate surface area is 113 Å². The largest absolute Gasteiger partial charge is 0.493 e. The molecule has 1 aromatic rings. The molecule has 0 saturated carbocycles. The molecule has 106 valence electrons. The van der Waals surface area contributed by atoms with Crippen LogP contribution in [0, 0.1) is 0 Å². The van der Waals surface area contributed by atoms with E-state index < -0.39 is 0 Å². The molecule has 0 aliphatic carbocycles. The van der Waals surface area contributed by atoms with E-state index in [9.17, 15) is 4.79 Å². The molecule has 0 unspecified atom stereocenters. The van der Waals surface area contributed by atoms with E-state index in [0.29, 0.717) is 36.8 Å². The molecule has 1 N–H and O–H groups in total. The van der Waals surface area contributed by atoms with Gasteiger partial charge in [0.15, 0.2) is 11.5 Å². The minimum atomic E-state index is -0.127. The van der Waals surface area contributed by atoms with Gasteiger partial charge in [-0.3, -0.25) is 4.79 Å². The van der Waals surface area contributed by atoms with Crippen LogP contribution in [0.5, 0.6) is 11.5 Å². The Balaban J connectivity index is 2.97. The van der Waals surface area contributed by atoms with Gasteiger partial charge in [-0.15, -0.1) is 0 Å². The van der Waals surface area contributed by atoms with Crippen LogP contribution in [0.4, 0.5) is 0 Å². The van der Waals surface area contributed by atoms with E-state index in [1.807, 2.05) is 13.8 Å². The number of likely N-dealkylation sites (N-methyl/N-ethyl adjacent to an activating group) is 1. The first-order valence-electron chi connectivity index (χ1n) is 6.38. The average Bonchev–Trinajstić information content (AvgIpc) is 2.44. The molecular formula is C14H21NO4. The molecule has 0 fully saturated rings. The van der Waals surface area contributed by atoms with E-state index in [1.165, 1.54) is 7.11 Å². The number of methoxy groups -OCH3 is 1. The number of aliphatic hydroxyl groups excluding tert-OH is 1. The van der Waals surface area contributed by atoms with Crippen molar-refractivity contribution in [3.63, 3.8) is 0 Å². The number of carbonyl (C=O) groups excluding carboxylic acids is 1. The van der Waals surface area contributed by atoms with E-state index in [1.54, 1.807) is 23.1 Å². The van der Waals surface area contributed by atoms with Crippen molar-refractivity contribution in [3.05, 3.63) is 23.8 Å². The predicted molar refractivity (Wildman–Crippen MR) is 72.8 cm³/mol. The van der Waals surface area contributed by atoms with Gasteiger partial charge in [0.05, 0.1) is 20.3 Å². The van der Waals surface area contributed by atoms with Crippen LogP contribution in [0.1, 0.15) is 24.2 Å². The summed E-state index contributed by atoms with van der Waals surface area (Å²) in [6, 6.07) is 5.09. The third kappa shape index (κ3) is 3.86. The Bertz CT molecular complexity index is 420. The van der Waals surface area contributed by atoms with Crippen molar-refractivity contribution in [2.75, 3.05) is 33.4 Å². The molecule has 1 amide bonds. The number of rotatable bonds is 7. The zero-order chi connectivity index (χ0) is 14.3. The number of ether oxygens (including phenoxy) is 2. The van der Waals surface area contributed by atoms with Crippen LogP contribution in [-0.4, -0.2) is 49.3 Å². The lowest BCUT2D eigenvalue weighted by atomic mass is 10.1. The first-order valence-corrected chi connectivity index (χ1v) is 6.38. The van der Waals surface area contributed by atoms with Crippen LogP contribution < -0.4 is 9.47 Å². The molecular weight excluding hydrogens is 246 g/mol. The molecule has 0 saturated heterocycles. The molecule has 0 heterocycles. The molecule has 0 radical (unpaired) electrons. The molecule has 1 rings (SSSR count). The fraction of sp³-hybridized carbons (Fsp3) is 0.500. The van der Waals surface area contributed by atoms with Crippen LogP contribution >= 0.6 is 0 Å². The number of carbonyl (C=O) groups is 1. The molecule has 0 aromatic heterocycles. The van der Waals surface area contributed by atoms with Gasteiger partial charge in [-0.1, -0.05) is 0 Å². The minimum absolute atomic E-state index is 0.0479. The standard InChI is InChI=1S/C14H21NO4/c1-4-15(8-9-16)14(17)11-6-7-12(19-5-2)13(10-11)18-3/h6-7,10,16H,4-5,8-9H2,1-3H3. The number of aliphatic hydroxyl groups is 1. The fourth-order valence-electron chi connectivity index (χ4n) is 1.78. The van der Waals surface area contributed by atoms with Crippen molar-refractivity contribution in [2.24, 2.45) is 0 Å². The van der Waals surface area contributed by atoms with Gasteiger partial charge in [0.2, 0.25) is 0 Å². The van der Waals surface area contributed by atoms with Gasteiger partial charge in [-0.25, -0.2) is 0 Å². The van der Waals surface area contributed by atoms with Gasteiger partial charge >= 0.3 is 0 Å². The summed E-state index contributed by atoms with van der Waals surface area (Å²) in [5.41, 5.74) is 0.524. The molecule has 0 spiro atoms. The molecule has 5 heteroatoms. The first-order chi connectivity index (χ1) is 9.17. The van der Waals surface area contributed by atoms with Gasteiger partial charge in [0.1, 0.15) is 0 Å². The number of hydrogen-bond acceptors (Lipinski definition) is 4. The highest BCUT2D eigenvalue weighted by Crippen LogP contribution is 2.28. The summed E-state index contributed by atoms with van der Waals surface area (Å²) in [6.07, 6.45) is 0. The molecule has 19 heavy (non-hydrogen) atoms. The summed E-state index contributed by atoms with van der Waals surface area (Å²) < 4.78 is 10.6. The van der Waals surface area contributed by atoms with Crippen molar-refractivity contribution >= 4 is 5.91 Å². The summed E-state index contributed by atoms with van der Waals surface area (Å²) in [5, 5.41) is 8.94. The number of amides is 1. The van der Waals surface area contributed by atoms with Gasteiger partial charge < -0.3 is 19.5 Å². The van der Waals surface area contributed by atoms with Crippen LogP contribution in [0.15, 0.2) is 18.2 Å². The highest BCUT2D eigenvalue weighted by molar-refractivity contribution is 5.94. The van der Waals surface area contributed by atoms with Gasteiger partial charge in [-0.2, -0.15) is 0 Å².